The zero-order valence-electron chi connectivity index (χ0n) is 13.5. The highest BCUT2D eigenvalue weighted by Crippen LogP contribution is 2.33. The quantitative estimate of drug-likeness (QED) is 0.752. The van der Waals surface area contributed by atoms with E-state index in [1.165, 1.54) is 25.7 Å². The summed E-state index contributed by atoms with van der Waals surface area (Å²) in [5.74, 6) is 0.692. The van der Waals surface area contributed by atoms with Crippen LogP contribution in [0.3, 0.4) is 0 Å². The molecule has 1 heterocycles. The van der Waals surface area contributed by atoms with Gasteiger partial charge in [0.2, 0.25) is 5.91 Å². The molecule has 24 heavy (non-hydrogen) atoms. The second kappa shape index (κ2) is 8.35. The molecule has 1 aliphatic carbocycles. The van der Waals surface area contributed by atoms with Crippen LogP contribution in [0, 0.1) is 5.92 Å². The summed E-state index contributed by atoms with van der Waals surface area (Å²) in [7, 11) is 0. The average Bonchev–Trinajstić information content (AvgIpc) is 2.98. The first-order chi connectivity index (χ1) is 11.1. The van der Waals surface area contributed by atoms with E-state index in [4.69, 9.17) is 10.5 Å². The van der Waals surface area contributed by atoms with Gasteiger partial charge < -0.3 is 21.1 Å². The Balaban J connectivity index is 0.00000208. The lowest BCUT2D eigenvalue weighted by molar-refractivity contribution is -0.120. The number of halogens is 1. The van der Waals surface area contributed by atoms with Crippen molar-refractivity contribution in [3.63, 3.8) is 0 Å². The van der Waals surface area contributed by atoms with Crippen LogP contribution < -0.4 is 21.1 Å². The minimum atomic E-state index is -0.517. The normalized spacial score (nSPS) is 25.2. The molecule has 0 bridgehead atoms. The summed E-state index contributed by atoms with van der Waals surface area (Å²) in [4.78, 5) is 23.1. The van der Waals surface area contributed by atoms with E-state index in [1.807, 2.05) is 0 Å². The van der Waals surface area contributed by atoms with Crippen molar-refractivity contribution in [2.45, 2.75) is 44.2 Å². The molecule has 0 spiro atoms. The van der Waals surface area contributed by atoms with Crippen molar-refractivity contribution in [1.29, 1.82) is 0 Å². The fraction of sp³-hybridized carbons (Fsp3) is 0.529. The Labute approximate surface area is 147 Å². The summed E-state index contributed by atoms with van der Waals surface area (Å²) < 4.78 is 5.19. The maximum atomic E-state index is 12.4. The highest BCUT2D eigenvalue weighted by atomic mass is 35.5. The molecule has 1 aliphatic heterocycles. The van der Waals surface area contributed by atoms with Crippen LogP contribution in [-0.4, -0.2) is 30.5 Å². The monoisotopic (exact) mass is 353 g/mol. The highest BCUT2D eigenvalue weighted by molar-refractivity contribution is 5.95. The average molecular weight is 354 g/mol. The third kappa shape index (κ3) is 4.61. The van der Waals surface area contributed by atoms with Gasteiger partial charge in [0.15, 0.2) is 6.61 Å². The Morgan fingerprint density at radius 1 is 1.21 bits per heavy atom. The van der Waals surface area contributed by atoms with Gasteiger partial charge in [0.05, 0.1) is 6.04 Å². The molecular formula is C17H24ClN3O3. The first-order valence-electron chi connectivity index (χ1n) is 8.20. The Bertz CT molecular complexity index is 565. The van der Waals surface area contributed by atoms with Crippen molar-refractivity contribution in [2.75, 3.05) is 11.9 Å². The SMILES string of the molecule is Cl.NC(=O)COc1ccc(NC(=O)C2CC3CCCCC3N2)cc1. The smallest absolute Gasteiger partial charge is 0.255 e. The summed E-state index contributed by atoms with van der Waals surface area (Å²) in [5.41, 5.74) is 5.75. The summed E-state index contributed by atoms with van der Waals surface area (Å²) in [5, 5.41) is 6.41. The molecule has 1 saturated carbocycles. The number of primary amides is 1. The molecule has 132 valence electrons. The van der Waals surface area contributed by atoms with Gasteiger partial charge in [0.25, 0.3) is 5.91 Å². The molecule has 3 atom stereocenters. The number of hydrogen-bond donors (Lipinski definition) is 3. The van der Waals surface area contributed by atoms with Crippen molar-refractivity contribution in [1.82, 2.24) is 5.32 Å². The van der Waals surface area contributed by atoms with E-state index < -0.39 is 5.91 Å². The molecular weight excluding hydrogens is 330 g/mol. The maximum Gasteiger partial charge on any atom is 0.255 e. The summed E-state index contributed by atoms with van der Waals surface area (Å²) in [6, 6.07) is 7.34. The summed E-state index contributed by atoms with van der Waals surface area (Å²) >= 11 is 0. The molecule has 0 radical (unpaired) electrons. The van der Waals surface area contributed by atoms with E-state index in [0.717, 1.165) is 12.1 Å². The topological polar surface area (TPSA) is 93.5 Å². The second-order valence-corrected chi connectivity index (χ2v) is 6.37. The standard InChI is InChI=1S/C17H23N3O3.ClH/c18-16(21)10-23-13-7-5-12(6-8-13)19-17(22)15-9-11-3-1-2-4-14(11)20-15;/h5-8,11,14-15,20H,1-4,9-10H2,(H2,18,21)(H,19,22);1H. The Morgan fingerprint density at radius 3 is 2.58 bits per heavy atom. The second-order valence-electron chi connectivity index (χ2n) is 6.37. The zero-order chi connectivity index (χ0) is 16.2. The van der Waals surface area contributed by atoms with Crippen LogP contribution in [0.5, 0.6) is 5.75 Å². The molecule has 2 fully saturated rings. The highest BCUT2D eigenvalue weighted by Gasteiger charge is 2.38. The van der Waals surface area contributed by atoms with Crippen LogP contribution in [0.2, 0.25) is 0 Å². The first-order valence-corrected chi connectivity index (χ1v) is 8.20. The van der Waals surface area contributed by atoms with Crippen LogP contribution in [-0.2, 0) is 9.59 Å². The predicted octanol–water partition coefficient (Wildman–Crippen LogP) is 1.83. The maximum absolute atomic E-state index is 12.4. The minimum absolute atomic E-state index is 0. The van der Waals surface area contributed by atoms with Crippen molar-refractivity contribution in [2.24, 2.45) is 11.7 Å². The van der Waals surface area contributed by atoms with Crippen LogP contribution >= 0.6 is 12.4 Å². The number of hydrogen-bond acceptors (Lipinski definition) is 4. The fourth-order valence-electron chi connectivity index (χ4n) is 3.54. The molecule has 2 amide bonds. The third-order valence-corrected chi connectivity index (χ3v) is 4.68. The van der Waals surface area contributed by atoms with Crippen LogP contribution in [0.1, 0.15) is 32.1 Å². The number of nitrogens with one attached hydrogen (secondary N) is 2. The molecule has 0 aromatic heterocycles. The van der Waals surface area contributed by atoms with Crippen LogP contribution in [0.15, 0.2) is 24.3 Å². The van der Waals surface area contributed by atoms with Gasteiger partial charge in [-0.2, -0.15) is 0 Å². The largest absolute Gasteiger partial charge is 0.484 e. The van der Waals surface area contributed by atoms with Crippen molar-refractivity contribution < 1.29 is 14.3 Å². The number of ether oxygens (including phenoxy) is 1. The van der Waals surface area contributed by atoms with Crippen LogP contribution in [0.4, 0.5) is 5.69 Å². The van der Waals surface area contributed by atoms with E-state index in [1.54, 1.807) is 24.3 Å². The van der Waals surface area contributed by atoms with E-state index in [2.05, 4.69) is 10.6 Å². The Morgan fingerprint density at radius 2 is 1.92 bits per heavy atom. The van der Waals surface area contributed by atoms with Gasteiger partial charge in [0, 0.05) is 11.7 Å². The lowest BCUT2D eigenvalue weighted by Crippen LogP contribution is -2.39. The van der Waals surface area contributed by atoms with Crippen molar-refractivity contribution in [3.05, 3.63) is 24.3 Å². The Kier molecular flexibility index (Phi) is 6.45. The summed E-state index contributed by atoms with van der Waals surface area (Å²) in [6.07, 6.45) is 5.88. The predicted molar refractivity (Wildman–Crippen MR) is 94.3 cm³/mol. The van der Waals surface area contributed by atoms with Crippen molar-refractivity contribution >= 4 is 29.9 Å². The molecule has 1 saturated heterocycles. The lowest BCUT2D eigenvalue weighted by Gasteiger charge is -2.24. The zero-order valence-corrected chi connectivity index (χ0v) is 14.3. The number of carbonyl (C=O) groups excluding carboxylic acids is 2. The lowest BCUT2D eigenvalue weighted by atomic mass is 9.85. The van der Waals surface area contributed by atoms with Gasteiger partial charge >= 0.3 is 0 Å². The van der Waals surface area contributed by atoms with E-state index in [9.17, 15) is 9.59 Å². The van der Waals surface area contributed by atoms with Crippen molar-refractivity contribution in [3.8, 4) is 5.75 Å². The Hall–Kier alpha value is -1.79. The molecule has 7 heteroatoms. The van der Waals surface area contributed by atoms with E-state index >= 15 is 0 Å². The van der Waals surface area contributed by atoms with Gasteiger partial charge in [-0.25, -0.2) is 0 Å². The van der Waals surface area contributed by atoms with Gasteiger partial charge in [-0.05, 0) is 49.4 Å². The number of carbonyl (C=O) groups is 2. The molecule has 4 N–H and O–H groups in total. The molecule has 3 unspecified atom stereocenters. The molecule has 3 rings (SSSR count). The number of benzene rings is 1. The number of amides is 2. The van der Waals surface area contributed by atoms with E-state index in [0.29, 0.717) is 17.7 Å². The van der Waals surface area contributed by atoms with Gasteiger partial charge in [0.1, 0.15) is 5.75 Å². The number of fused-ring (bicyclic) bond motifs is 1. The van der Waals surface area contributed by atoms with Gasteiger partial charge in [-0.1, -0.05) is 12.8 Å². The third-order valence-electron chi connectivity index (χ3n) is 4.68. The number of rotatable bonds is 5. The van der Waals surface area contributed by atoms with E-state index in [-0.39, 0.29) is 31.0 Å². The summed E-state index contributed by atoms with van der Waals surface area (Å²) in [6.45, 7) is -0.152. The number of anilines is 1. The molecule has 6 nitrogen and oxygen atoms in total. The minimum Gasteiger partial charge on any atom is -0.484 e. The van der Waals surface area contributed by atoms with Gasteiger partial charge in [-0.15, -0.1) is 12.4 Å². The van der Waals surface area contributed by atoms with Gasteiger partial charge in [-0.3, -0.25) is 9.59 Å². The molecule has 1 aromatic carbocycles. The first kappa shape index (κ1) is 18.5. The fourth-order valence-corrected chi connectivity index (χ4v) is 3.54. The number of nitrogens with two attached hydrogens (primary N) is 1. The molecule has 1 aromatic rings. The van der Waals surface area contributed by atoms with Crippen LogP contribution in [0.25, 0.3) is 0 Å². The molecule has 2 aliphatic rings.